The van der Waals surface area contributed by atoms with E-state index in [1.54, 1.807) is 0 Å². The van der Waals surface area contributed by atoms with Crippen molar-refractivity contribution in [2.45, 2.75) is 0 Å². The quantitative estimate of drug-likeness (QED) is 0.142. The number of carbonyl (C=O) groups is 6. The Morgan fingerprint density at radius 2 is 0.444 bits per heavy atom. The molecular weight excluding hydrogens is 572 g/mol. The second-order valence-corrected chi connectivity index (χ2v) is 1.66. The normalized spacial score (nSPS) is 5.33. The van der Waals surface area contributed by atoms with Gasteiger partial charge >= 0.3 is 70.1 Å². The van der Waals surface area contributed by atoms with Crippen LogP contribution in [-0.4, -0.2) is 133 Å². The minimum Gasteiger partial charge on any atom is -0.565 e. The van der Waals surface area contributed by atoms with Crippen LogP contribution in [0.25, 0.3) is 0 Å². The smallest absolute Gasteiger partial charge is 0.565 e. The summed E-state index contributed by atoms with van der Waals surface area (Å²) in [5.74, 6) is 0. The molecule has 1 radical (unpaired) electrons. The minimum absolute atomic E-state index is 0. The van der Waals surface area contributed by atoms with Crippen LogP contribution < -0.4 is 10.2 Å². The van der Waals surface area contributed by atoms with Gasteiger partial charge in [-0.2, -0.15) is 0 Å². The molecule has 0 aliphatic rings. The number of rotatable bonds is 0. The zero-order valence-electron chi connectivity index (χ0n) is 12.5. The molecule has 0 saturated heterocycles. The first-order chi connectivity index (χ1) is 10.4. The first-order valence-corrected chi connectivity index (χ1v) is 3.87. The molecule has 10 N–H and O–H groups in total. The summed E-state index contributed by atoms with van der Waals surface area (Å²) in [6, 6.07) is 0. The van der Waals surface area contributed by atoms with Gasteiger partial charge < -0.3 is 70.9 Å². The van der Waals surface area contributed by atoms with Crippen LogP contribution in [0.5, 0.6) is 0 Å². The van der Waals surface area contributed by atoms with E-state index >= 15 is 0 Å². The Balaban J connectivity index is -0.0000000201. The maximum Gasteiger partial charge on any atom is 2.00 e. The monoisotopic (exact) mass is 581 g/mol. The Morgan fingerprint density at radius 3 is 0.444 bits per heavy atom. The number of hydrogen-bond donors (Lipinski definition) is 10. The van der Waals surface area contributed by atoms with Crippen LogP contribution >= 0.6 is 0 Å². The third kappa shape index (κ3) is 3820. The van der Waals surface area contributed by atoms with Gasteiger partial charge in [-0.3, -0.25) is 0 Å². The molecule has 0 rings (SSSR count). The molecule has 0 aromatic heterocycles. The zero-order chi connectivity index (χ0) is 21.5. The summed E-state index contributed by atoms with van der Waals surface area (Å²) in [6.07, 6.45) is -11.5. The molecule has 0 aliphatic carbocycles. The summed E-state index contributed by atoms with van der Waals surface area (Å²) >= 11 is 0. The molecule has 0 heterocycles. The molecule has 0 saturated carbocycles. The fourth-order valence-electron chi connectivity index (χ4n) is 0. The molecule has 21 heteroatoms. The maximum absolute atomic E-state index is 8.56. The van der Waals surface area contributed by atoms with E-state index in [9.17, 15) is 0 Å². The fourth-order valence-corrected chi connectivity index (χ4v) is 0. The van der Waals surface area contributed by atoms with Crippen LogP contribution in [0.2, 0.25) is 0 Å². The standard InChI is InChI=1S/6CH2O3.Co.Sr.Zn/c6*2-1(3)4;;;/h6*(H2,2,3,4);;;/q;;;;;;;+2;/p-2. The summed E-state index contributed by atoms with van der Waals surface area (Å²) in [5.41, 5.74) is 0. The van der Waals surface area contributed by atoms with Gasteiger partial charge in [0, 0.05) is 36.3 Å². The third-order valence-electron chi connectivity index (χ3n) is 0. The summed E-state index contributed by atoms with van der Waals surface area (Å²) in [4.78, 5) is 51.1. The molecule has 155 valence electrons. The van der Waals surface area contributed by atoms with Gasteiger partial charge in [0.1, 0.15) is 0 Å². The predicted octanol–water partition coefficient (Wildman–Crippen LogP) is -1.72. The van der Waals surface area contributed by atoms with Gasteiger partial charge in [0.15, 0.2) is 0 Å². The molecule has 0 amide bonds. The van der Waals surface area contributed by atoms with Gasteiger partial charge in [0.05, 0.1) is 0 Å². The van der Waals surface area contributed by atoms with Crippen molar-refractivity contribution in [1.29, 1.82) is 0 Å². The second kappa shape index (κ2) is 49.6. The zero-order valence-corrected chi connectivity index (χ0v) is 20.0. The van der Waals surface area contributed by atoms with Crippen molar-refractivity contribution in [2.75, 3.05) is 0 Å². The first-order valence-electron chi connectivity index (χ1n) is 3.87. The molecule has 0 fully saturated rings. The molecular formula is C6H10CoO18SrZn. The van der Waals surface area contributed by atoms with Crippen LogP contribution in [0.3, 0.4) is 0 Å². The number of carboxylic acid groups (broad SMARTS) is 12. The van der Waals surface area contributed by atoms with Gasteiger partial charge in [0.2, 0.25) is 12.3 Å². The minimum atomic E-state index is -2.08. The molecule has 0 aromatic carbocycles. The van der Waals surface area contributed by atoms with E-state index in [0.717, 1.165) is 0 Å². The van der Waals surface area contributed by atoms with Crippen LogP contribution in [-0.2, 0) is 36.3 Å². The van der Waals surface area contributed by atoms with Crippen LogP contribution in [0.4, 0.5) is 28.8 Å². The average molecular weight is 582 g/mol. The molecule has 0 aromatic rings. The van der Waals surface area contributed by atoms with Crippen LogP contribution in [0.1, 0.15) is 0 Å². The van der Waals surface area contributed by atoms with Gasteiger partial charge in [-0.1, -0.05) is 0 Å². The first kappa shape index (κ1) is 56.2. The van der Waals surface area contributed by atoms with Crippen molar-refractivity contribution in [3.05, 3.63) is 0 Å². The Labute approximate surface area is 207 Å². The molecule has 0 atom stereocenters. The topological polar surface area (TPSA) is 351 Å². The largest absolute Gasteiger partial charge is 2.00 e. The van der Waals surface area contributed by atoms with Crippen molar-refractivity contribution < 1.29 is 126 Å². The van der Waals surface area contributed by atoms with Gasteiger partial charge in [-0.25, -0.2) is 19.2 Å². The van der Waals surface area contributed by atoms with Crippen molar-refractivity contribution >= 4 is 82.4 Å². The summed E-state index contributed by atoms with van der Waals surface area (Å²) in [6.45, 7) is 0. The Hall–Kier alpha value is -1.77. The summed E-state index contributed by atoms with van der Waals surface area (Å²) < 4.78 is 0. The van der Waals surface area contributed by atoms with E-state index in [2.05, 4.69) is 0 Å². The van der Waals surface area contributed by atoms with E-state index in [-0.39, 0.29) is 81.7 Å². The number of hydrogen-bond acceptors (Lipinski definition) is 8. The molecule has 0 aliphatic heterocycles. The Bertz CT molecular complexity index is 269. The Kier molecular flexibility index (Phi) is 103. The van der Waals surface area contributed by atoms with Crippen molar-refractivity contribution in [2.24, 2.45) is 0 Å². The maximum atomic E-state index is 8.56. The molecule has 27 heavy (non-hydrogen) atoms. The molecule has 0 unspecified atom stereocenters. The second-order valence-electron chi connectivity index (χ2n) is 1.66. The predicted molar refractivity (Wildman–Crippen MR) is 64.4 cm³/mol. The van der Waals surface area contributed by atoms with E-state index in [4.69, 9.17) is 90.0 Å². The summed E-state index contributed by atoms with van der Waals surface area (Å²) in [5, 5.41) is 86.4. The Morgan fingerprint density at radius 1 is 0.444 bits per heavy atom. The van der Waals surface area contributed by atoms with Crippen LogP contribution in [0.15, 0.2) is 0 Å². The summed E-state index contributed by atoms with van der Waals surface area (Å²) in [7, 11) is 0. The SMILES string of the molecule is O=C(O)O.O=C(O)O.O=C(O)O.O=C(O)O.O=C([O-])O.O=C([O-])O.[Co].[Sr+2].[Zn]. The third-order valence-corrected chi connectivity index (χ3v) is 0. The van der Waals surface area contributed by atoms with Gasteiger partial charge in [0.25, 0.3) is 0 Å². The van der Waals surface area contributed by atoms with Crippen molar-refractivity contribution in [3.63, 3.8) is 0 Å². The van der Waals surface area contributed by atoms with E-state index in [1.165, 1.54) is 0 Å². The average Bonchev–Trinajstić information content (AvgIpc) is 2.08. The molecule has 0 bridgehead atoms. The van der Waals surface area contributed by atoms with Crippen LogP contribution in [0, 0.1) is 0 Å². The van der Waals surface area contributed by atoms with Gasteiger partial charge in [-0.05, 0) is 0 Å². The fraction of sp³-hybridized carbons (Fsp3) is 0. The van der Waals surface area contributed by atoms with E-state index in [0.29, 0.717) is 0 Å². The molecule has 0 spiro atoms. The van der Waals surface area contributed by atoms with E-state index < -0.39 is 36.9 Å². The van der Waals surface area contributed by atoms with Crippen molar-refractivity contribution in [3.8, 4) is 0 Å². The molecule has 18 nitrogen and oxygen atoms in total. The van der Waals surface area contributed by atoms with Gasteiger partial charge in [-0.15, -0.1) is 0 Å². The van der Waals surface area contributed by atoms with Crippen molar-refractivity contribution in [1.82, 2.24) is 0 Å². The van der Waals surface area contributed by atoms with E-state index in [1.807, 2.05) is 0 Å².